The van der Waals surface area contributed by atoms with Gasteiger partial charge in [0.15, 0.2) is 0 Å². The number of nitrogens with one attached hydrogen (secondary N) is 2. The molecule has 11 heteroatoms. The summed E-state index contributed by atoms with van der Waals surface area (Å²) >= 11 is 0. The van der Waals surface area contributed by atoms with Crippen molar-refractivity contribution in [3.63, 3.8) is 0 Å². The average molecular weight is 460 g/mol. The van der Waals surface area contributed by atoms with E-state index in [-0.39, 0.29) is 23.0 Å². The van der Waals surface area contributed by atoms with Crippen LogP contribution in [0, 0.1) is 0 Å². The third kappa shape index (κ3) is 5.29. The molecule has 4 N–H and O–H groups in total. The maximum atomic E-state index is 12.9. The zero-order valence-corrected chi connectivity index (χ0v) is 18.4. The van der Waals surface area contributed by atoms with Crippen molar-refractivity contribution in [1.82, 2.24) is 14.6 Å². The number of primary amides is 1. The van der Waals surface area contributed by atoms with Crippen molar-refractivity contribution in [2.45, 2.75) is 30.2 Å². The number of anilines is 1. The summed E-state index contributed by atoms with van der Waals surface area (Å²) in [5, 5.41) is 2.80. The topological polar surface area (TPSA) is 152 Å². The first-order valence-electron chi connectivity index (χ1n) is 10.1. The minimum Gasteiger partial charge on any atom is -0.376 e. The van der Waals surface area contributed by atoms with Crippen molar-refractivity contribution in [3.8, 4) is 0 Å². The number of Topliss-reactive ketones (excluding diaryl/α,β-unsaturated/α-hetero) is 1. The number of benzene rings is 1. The number of carbonyl (C=O) groups is 3. The number of nitrogens with zero attached hydrogens (tertiary/aromatic N) is 2. The van der Waals surface area contributed by atoms with Crippen LogP contribution in [0.5, 0.6) is 0 Å². The minimum absolute atomic E-state index is 0.129. The van der Waals surface area contributed by atoms with E-state index in [2.05, 4.69) is 15.0 Å². The fraction of sp³-hybridized carbons (Fsp3) is 0.333. The van der Waals surface area contributed by atoms with Crippen molar-refractivity contribution in [1.29, 1.82) is 0 Å². The lowest BCUT2D eigenvalue weighted by atomic mass is 9.95. The Labute approximate surface area is 186 Å². The molecule has 1 atom stereocenters. The average Bonchev–Trinajstić information content (AvgIpc) is 2.82. The second-order valence-electron chi connectivity index (χ2n) is 7.39. The predicted octanol–water partition coefficient (Wildman–Crippen LogP) is 0.823. The fourth-order valence-corrected chi connectivity index (χ4v) is 4.33. The maximum absolute atomic E-state index is 12.9. The van der Waals surface area contributed by atoms with Crippen LogP contribution >= 0.6 is 0 Å². The molecular formula is C21H25N5O5S. The van der Waals surface area contributed by atoms with E-state index in [1.165, 1.54) is 42.5 Å². The number of rotatable bonds is 8. The second-order valence-corrected chi connectivity index (χ2v) is 9.28. The summed E-state index contributed by atoms with van der Waals surface area (Å²) in [5.74, 6) is -1.89. The monoisotopic (exact) mass is 459 g/mol. The zero-order valence-electron chi connectivity index (χ0n) is 17.6. The summed E-state index contributed by atoms with van der Waals surface area (Å²) in [7, 11) is -2.22. The Bertz CT molecular complexity index is 1120. The fourth-order valence-electron chi connectivity index (χ4n) is 3.60. The third-order valence-corrected chi connectivity index (χ3v) is 6.75. The van der Waals surface area contributed by atoms with E-state index in [9.17, 15) is 22.8 Å². The lowest BCUT2D eigenvalue weighted by Gasteiger charge is -2.35. The van der Waals surface area contributed by atoms with Gasteiger partial charge in [-0.1, -0.05) is 12.1 Å². The molecule has 0 unspecified atom stereocenters. The molecule has 1 aliphatic heterocycles. The molecule has 2 heterocycles. The quantitative estimate of drug-likeness (QED) is 0.494. The van der Waals surface area contributed by atoms with Gasteiger partial charge in [0.2, 0.25) is 21.7 Å². The number of amides is 2. The van der Waals surface area contributed by atoms with Crippen molar-refractivity contribution >= 4 is 33.3 Å². The highest BCUT2D eigenvalue weighted by Gasteiger charge is 2.31. The molecule has 2 aromatic rings. The van der Waals surface area contributed by atoms with Gasteiger partial charge in [0.05, 0.1) is 28.7 Å². The van der Waals surface area contributed by atoms with Gasteiger partial charge in [-0.25, -0.2) is 13.1 Å². The second kappa shape index (κ2) is 9.88. The van der Waals surface area contributed by atoms with Crippen LogP contribution in [0.4, 0.5) is 5.69 Å². The first-order chi connectivity index (χ1) is 15.2. The van der Waals surface area contributed by atoms with Gasteiger partial charge in [-0.3, -0.25) is 19.4 Å². The number of sulfonamides is 1. The number of carbonyl (C=O) groups excluding carboxylic acids is 3. The van der Waals surface area contributed by atoms with Crippen LogP contribution < -0.4 is 15.8 Å². The molecule has 1 aromatic heterocycles. The SMILES string of the molecule is CNS(=O)(=O)c1ccc([C@@H]2CCCCN2C(=O)C(=O)CNc2cncc(C(N)=O)c2)cc1. The van der Waals surface area contributed by atoms with Crippen molar-refractivity contribution in [2.24, 2.45) is 5.73 Å². The van der Waals surface area contributed by atoms with E-state index in [1.807, 2.05) is 0 Å². The summed E-state index contributed by atoms with van der Waals surface area (Å²) < 4.78 is 26.1. The Kier molecular flexibility index (Phi) is 7.21. The first kappa shape index (κ1) is 23.4. The van der Waals surface area contributed by atoms with E-state index in [1.54, 1.807) is 12.1 Å². The number of ketones is 1. The molecule has 10 nitrogen and oxygen atoms in total. The number of hydrogen-bond acceptors (Lipinski definition) is 7. The van der Waals surface area contributed by atoms with Crippen LogP contribution in [-0.4, -0.2) is 56.0 Å². The number of likely N-dealkylation sites (tertiary alicyclic amines) is 1. The van der Waals surface area contributed by atoms with Crippen LogP contribution in [0.25, 0.3) is 0 Å². The molecule has 0 spiro atoms. The van der Waals surface area contributed by atoms with Gasteiger partial charge in [-0.2, -0.15) is 0 Å². The number of pyridine rings is 1. The van der Waals surface area contributed by atoms with Gasteiger partial charge in [0, 0.05) is 18.9 Å². The summed E-state index contributed by atoms with van der Waals surface area (Å²) in [6.07, 6.45) is 5.08. The smallest absolute Gasteiger partial charge is 0.292 e. The summed E-state index contributed by atoms with van der Waals surface area (Å²) in [6, 6.07) is 7.46. The Hall–Kier alpha value is -3.31. The normalized spacial score (nSPS) is 16.4. The largest absolute Gasteiger partial charge is 0.376 e. The highest BCUT2D eigenvalue weighted by Crippen LogP contribution is 2.31. The highest BCUT2D eigenvalue weighted by atomic mass is 32.2. The van der Waals surface area contributed by atoms with Crippen molar-refractivity contribution < 1.29 is 22.8 Å². The number of piperidine rings is 1. The molecule has 0 radical (unpaired) electrons. The number of nitrogens with two attached hydrogens (primary N) is 1. The minimum atomic E-state index is -3.56. The van der Waals surface area contributed by atoms with Gasteiger partial charge in [-0.15, -0.1) is 0 Å². The van der Waals surface area contributed by atoms with E-state index in [4.69, 9.17) is 5.73 Å². The van der Waals surface area contributed by atoms with Gasteiger partial charge in [-0.05, 0) is 50.1 Å². The van der Waals surface area contributed by atoms with E-state index < -0.39 is 27.6 Å². The van der Waals surface area contributed by atoms with E-state index in [0.717, 1.165) is 18.4 Å². The molecule has 1 fully saturated rings. The first-order valence-corrected chi connectivity index (χ1v) is 11.6. The molecule has 1 aromatic carbocycles. The van der Waals surface area contributed by atoms with Crippen LogP contribution in [0.1, 0.15) is 41.2 Å². The molecule has 0 aliphatic carbocycles. The van der Waals surface area contributed by atoms with Crippen LogP contribution in [0.3, 0.4) is 0 Å². The molecule has 3 rings (SSSR count). The molecule has 32 heavy (non-hydrogen) atoms. The summed E-state index contributed by atoms with van der Waals surface area (Å²) in [6.45, 7) is 0.176. The van der Waals surface area contributed by atoms with Gasteiger partial charge in [0.25, 0.3) is 5.91 Å². The van der Waals surface area contributed by atoms with Gasteiger partial charge in [0.1, 0.15) is 0 Å². The van der Waals surface area contributed by atoms with Crippen LogP contribution in [0.2, 0.25) is 0 Å². The Morgan fingerprint density at radius 3 is 2.53 bits per heavy atom. The Morgan fingerprint density at radius 1 is 1.16 bits per heavy atom. The maximum Gasteiger partial charge on any atom is 0.292 e. The molecule has 2 amide bonds. The number of hydrogen-bond donors (Lipinski definition) is 3. The van der Waals surface area contributed by atoms with Crippen molar-refractivity contribution in [2.75, 3.05) is 25.5 Å². The van der Waals surface area contributed by atoms with Gasteiger partial charge >= 0.3 is 0 Å². The summed E-state index contributed by atoms with van der Waals surface area (Å²) in [4.78, 5) is 42.3. The number of aromatic nitrogens is 1. The standard InChI is InChI=1S/C21H25N5O5S/c1-23-32(30,31)17-7-5-14(6-8-17)18-4-2-3-9-26(18)21(29)19(27)13-25-16-10-15(20(22)28)11-24-12-16/h5-8,10-12,18,23,25H,2-4,9,13H2,1H3,(H2,22,28)/t18-/m0/s1. The lowest BCUT2D eigenvalue weighted by molar-refractivity contribution is -0.146. The predicted molar refractivity (Wildman–Crippen MR) is 117 cm³/mol. The zero-order chi connectivity index (χ0) is 23.3. The Morgan fingerprint density at radius 2 is 1.88 bits per heavy atom. The highest BCUT2D eigenvalue weighted by molar-refractivity contribution is 7.89. The Balaban J connectivity index is 1.70. The molecule has 1 aliphatic rings. The molecular weight excluding hydrogens is 434 g/mol. The summed E-state index contributed by atoms with van der Waals surface area (Å²) in [5.41, 5.74) is 6.59. The molecule has 170 valence electrons. The third-order valence-electron chi connectivity index (χ3n) is 5.32. The lowest BCUT2D eigenvalue weighted by Crippen LogP contribution is -2.44. The molecule has 1 saturated heterocycles. The molecule has 0 saturated carbocycles. The van der Waals surface area contributed by atoms with E-state index in [0.29, 0.717) is 18.7 Å². The van der Waals surface area contributed by atoms with Crippen LogP contribution in [0.15, 0.2) is 47.6 Å². The van der Waals surface area contributed by atoms with E-state index >= 15 is 0 Å². The van der Waals surface area contributed by atoms with Crippen molar-refractivity contribution in [3.05, 3.63) is 53.9 Å². The van der Waals surface area contributed by atoms with Gasteiger partial charge < -0.3 is 16.0 Å². The van der Waals surface area contributed by atoms with Crippen LogP contribution in [-0.2, 0) is 19.6 Å². The molecule has 0 bridgehead atoms.